The normalized spacial score (nSPS) is 13.1. The highest BCUT2D eigenvalue weighted by Gasteiger charge is 2.36. The lowest BCUT2D eigenvalue weighted by Gasteiger charge is -2.25. The van der Waals surface area contributed by atoms with E-state index in [4.69, 9.17) is 22.1 Å². The Morgan fingerprint density at radius 1 is 1.16 bits per heavy atom. The quantitative estimate of drug-likeness (QED) is 0.332. The number of rotatable bonds is 7. The van der Waals surface area contributed by atoms with E-state index in [-0.39, 0.29) is 12.4 Å². The summed E-state index contributed by atoms with van der Waals surface area (Å²) in [6.07, 6.45) is 0. The second-order valence-electron chi connectivity index (χ2n) is 5.44. The van der Waals surface area contributed by atoms with E-state index < -0.39 is 17.1 Å². The first-order valence-corrected chi connectivity index (χ1v) is 9.14. The molecule has 0 saturated carbocycles. The molecule has 0 radical (unpaired) electrons. The number of anilines is 1. The van der Waals surface area contributed by atoms with E-state index in [2.05, 4.69) is 0 Å². The fourth-order valence-corrected chi connectivity index (χ4v) is 4.20. The standard InChI is InChI=1S/C19H20ClNO3S/c1-3-24-19(23)17(12(2)22)18(13-8-4-5-9-14(13)20)25-16-11-7-6-10-15(16)21/h4-11,17-18H,3,21H2,1-2H3. The summed E-state index contributed by atoms with van der Waals surface area (Å²) in [5.74, 6) is -1.79. The minimum Gasteiger partial charge on any atom is -0.465 e. The first-order chi connectivity index (χ1) is 12.0. The Bertz CT molecular complexity index is 766. The number of carbonyl (C=O) groups is 2. The van der Waals surface area contributed by atoms with Gasteiger partial charge in [-0.25, -0.2) is 0 Å². The van der Waals surface area contributed by atoms with Crippen LogP contribution in [-0.4, -0.2) is 18.4 Å². The summed E-state index contributed by atoms with van der Waals surface area (Å²) in [5, 5.41) is -0.0417. The molecule has 0 aliphatic rings. The van der Waals surface area contributed by atoms with E-state index in [9.17, 15) is 9.59 Å². The van der Waals surface area contributed by atoms with Gasteiger partial charge in [-0.2, -0.15) is 0 Å². The molecule has 132 valence electrons. The maximum absolute atomic E-state index is 12.5. The zero-order valence-corrected chi connectivity index (χ0v) is 15.6. The predicted molar refractivity (Wildman–Crippen MR) is 102 cm³/mol. The molecule has 2 rings (SSSR count). The lowest BCUT2D eigenvalue weighted by atomic mass is 9.95. The maximum atomic E-state index is 12.5. The van der Waals surface area contributed by atoms with Crippen molar-refractivity contribution in [3.63, 3.8) is 0 Å². The maximum Gasteiger partial charge on any atom is 0.317 e. The number of halogens is 1. The molecule has 0 aliphatic carbocycles. The summed E-state index contributed by atoms with van der Waals surface area (Å²) < 4.78 is 5.13. The number of esters is 1. The van der Waals surface area contributed by atoms with Gasteiger partial charge in [0.1, 0.15) is 11.7 Å². The Morgan fingerprint density at radius 3 is 2.40 bits per heavy atom. The Kier molecular flexibility index (Phi) is 6.91. The number of benzene rings is 2. The van der Waals surface area contributed by atoms with Gasteiger partial charge in [-0.1, -0.05) is 41.9 Å². The molecule has 6 heteroatoms. The van der Waals surface area contributed by atoms with Gasteiger partial charge in [0.25, 0.3) is 0 Å². The minimum atomic E-state index is -0.968. The number of nitrogens with two attached hydrogens (primary N) is 1. The molecule has 2 aromatic carbocycles. The van der Waals surface area contributed by atoms with Crippen LogP contribution in [0.25, 0.3) is 0 Å². The number of ketones is 1. The van der Waals surface area contributed by atoms with Crippen molar-refractivity contribution in [1.82, 2.24) is 0 Å². The first kappa shape index (κ1) is 19.3. The van der Waals surface area contributed by atoms with Crippen molar-refractivity contribution < 1.29 is 14.3 Å². The van der Waals surface area contributed by atoms with Crippen LogP contribution >= 0.6 is 23.4 Å². The molecule has 0 aromatic heterocycles. The highest BCUT2D eigenvalue weighted by Crippen LogP contribution is 2.45. The van der Waals surface area contributed by atoms with Crippen molar-refractivity contribution in [2.45, 2.75) is 24.0 Å². The Balaban J connectivity index is 2.51. The summed E-state index contributed by atoms with van der Waals surface area (Å²) in [5.41, 5.74) is 7.32. The van der Waals surface area contributed by atoms with Gasteiger partial charge in [-0.15, -0.1) is 11.8 Å². The number of ether oxygens (including phenoxy) is 1. The largest absolute Gasteiger partial charge is 0.465 e. The molecular formula is C19H20ClNO3S. The average Bonchev–Trinajstić information content (AvgIpc) is 2.56. The molecule has 0 spiro atoms. The molecule has 0 fully saturated rings. The number of carbonyl (C=O) groups excluding carboxylic acids is 2. The topological polar surface area (TPSA) is 69.4 Å². The van der Waals surface area contributed by atoms with Crippen molar-refractivity contribution in [3.8, 4) is 0 Å². The summed E-state index contributed by atoms with van der Waals surface area (Å²) in [7, 11) is 0. The summed E-state index contributed by atoms with van der Waals surface area (Å²) in [4.78, 5) is 25.5. The number of Topliss-reactive ketones (excluding diaryl/α,β-unsaturated/α-hetero) is 1. The summed E-state index contributed by atoms with van der Waals surface area (Å²) in [6.45, 7) is 3.30. The van der Waals surface area contributed by atoms with Crippen LogP contribution in [0.15, 0.2) is 53.4 Å². The van der Waals surface area contributed by atoms with E-state index in [0.717, 1.165) is 4.90 Å². The molecule has 2 aromatic rings. The molecule has 0 aliphatic heterocycles. The van der Waals surface area contributed by atoms with Crippen molar-refractivity contribution in [1.29, 1.82) is 0 Å². The molecule has 2 unspecified atom stereocenters. The van der Waals surface area contributed by atoms with Crippen LogP contribution < -0.4 is 5.73 Å². The molecule has 0 bridgehead atoms. The van der Waals surface area contributed by atoms with Gasteiger partial charge in [-0.05, 0) is 37.6 Å². The molecule has 25 heavy (non-hydrogen) atoms. The van der Waals surface area contributed by atoms with Crippen molar-refractivity contribution in [2.75, 3.05) is 12.3 Å². The molecule has 0 heterocycles. The fraction of sp³-hybridized carbons (Fsp3) is 0.263. The van der Waals surface area contributed by atoms with E-state index in [1.165, 1.54) is 18.7 Å². The fourth-order valence-electron chi connectivity index (χ4n) is 2.48. The first-order valence-electron chi connectivity index (χ1n) is 7.88. The number of hydrogen-bond donors (Lipinski definition) is 1. The number of nitrogen functional groups attached to an aromatic ring is 1. The van der Waals surface area contributed by atoms with Gasteiger partial charge in [0, 0.05) is 15.6 Å². The van der Waals surface area contributed by atoms with E-state index in [1.807, 2.05) is 30.3 Å². The highest BCUT2D eigenvalue weighted by molar-refractivity contribution is 7.99. The molecule has 0 saturated heterocycles. The third-order valence-corrected chi connectivity index (χ3v) is 5.42. The third-order valence-electron chi connectivity index (χ3n) is 3.67. The van der Waals surface area contributed by atoms with Crippen molar-refractivity contribution in [2.24, 2.45) is 5.92 Å². The van der Waals surface area contributed by atoms with Crippen LogP contribution in [0.3, 0.4) is 0 Å². The highest BCUT2D eigenvalue weighted by atomic mass is 35.5. The smallest absolute Gasteiger partial charge is 0.317 e. The summed E-state index contributed by atoms with van der Waals surface area (Å²) in [6, 6.07) is 14.5. The Morgan fingerprint density at radius 2 is 1.80 bits per heavy atom. The molecule has 0 amide bonds. The van der Waals surface area contributed by atoms with Gasteiger partial charge in [0.05, 0.1) is 11.9 Å². The lowest BCUT2D eigenvalue weighted by Crippen LogP contribution is -2.29. The van der Waals surface area contributed by atoms with E-state index >= 15 is 0 Å². The third kappa shape index (κ3) is 4.77. The minimum absolute atomic E-state index is 0.204. The number of hydrogen-bond acceptors (Lipinski definition) is 5. The molecule has 4 nitrogen and oxygen atoms in total. The second kappa shape index (κ2) is 8.92. The monoisotopic (exact) mass is 377 g/mol. The second-order valence-corrected chi connectivity index (χ2v) is 7.03. The SMILES string of the molecule is CCOC(=O)C(C(C)=O)C(Sc1ccccc1N)c1ccccc1Cl. The van der Waals surface area contributed by atoms with Crippen LogP contribution in [-0.2, 0) is 14.3 Å². The van der Waals surface area contributed by atoms with E-state index in [0.29, 0.717) is 16.3 Å². The van der Waals surface area contributed by atoms with Crippen molar-refractivity contribution >= 4 is 40.8 Å². The van der Waals surface area contributed by atoms with Crippen molar-refractivity contribution in [3.05, 3.63) is 59.1 Å². The van der Waals surface area contributed by atoms with Crippen LogP contribution in [0, 0.1) is 5.92 Å². The van der Waals surface area contributed by atoms with Crippen LogP contribution in [0.4, 0.5) is 5.69 Å². The zero-order chi connectivity index (χ0) is 18.4. The van der Waals surface area contributed by atoms with Gasteiger partial charge in [0.15, 0.2) is 0 Å². The van der Waals surface area contributed by atoms with Crippen LogP contribution in [0.1, 0.15) is 24.7 Å². The van der Waals surface area contributed by atoms with Gasteiger partial charge < -0.3 is 10.5 Å². The number of thioether (sulfide) groups is 1. The average molecular weight is 378 g/mol. The Labute approximate surface area is 156 Å². The van der Waals surface area contributed by atoms with Gasteiger partial charge in [0.2, 0.25) is 0 Å². The lowest BCUT2D eigenvalue weighted by molar-refractivity contribution is -0.151. The number of para-hydroxylation sites is 1. The Hall–Kier alpha value is -1.98. The summed E-state index contributed by atoms with van der Waals surface area (Å²) >= 11 is 7.69. The predicted octanol–water partition coefficient (Wildman–Crippen LogP) is 4.52. The zero-order valence-electron chi connectivity index (χ0n) is 14.1. The molecule has 2 N–H and O–H groups in total. The van der Waals surface area contributed by atoms with Gasteiger partial charge >= 0.3 is 5.97 Å². The van der Waals surface area contributed by atoms with Crippen LogP contribution in [0.5, 0.6) is 0 Å². The van der Waals surface area contributed by atoms with Crippen LogP contribution in [0.2, 0.25) is 5.02 Å². The van der Waals surface area contributed by atoms with Gasteiger partial charge in [-0.3, -0.25) is 9.59 Å². The van der Waals surface area contributed by atoms with E-state index in [1.54, 1.807) is 25.1 Å². The molecular weight excluding hydrogens is 358 g/mol. The molecule has 2 atom stereocenters.